The third kappa shape index (κ3) is 3.95. The second-order valence-electron chi connectivity index (χ2n) is 5.40. The predicted molar refractivity (Wildman–Crippen MR) is 78.1 cm³/mol. The number of halogens is 1. The summed E-state index contributed by atoms with van der Waals surface area (Å²) in [5.74, 6) is 0.621. The monoisotopic (exact) mass is 280 g/mol. The zero-order valence-corrected chi connectivity index (χ0v) is 12.1. The second-order valence-corrected chi connectivity index (χ2v) is 5.84. The van der Waals surface area contributed by atoms with E-state index in [0.717, 1.165) is 31.5 Å². The van der Waals surface area contributed by atoms with Crippen LogP contribution in [0.3, 0.4) is 0 Å². The fourth-order valence-electron chi connectivity index (χ4n) is 2.55. The Balaban J connectivity index is 1.94. The molecule has 2 N–H and O–H groups in total. The number of nitrogens with two attached hydrogens (primary N) is 1. The van der Waals surface area contributed by atoms with Gasteiger partial charge in [-0.1, -0.05) is 23.7 Å². The summed E-state index contributed by atoms with van der Waals surface area (Å²) in [5, 5.41) is 0.700. The van der Waals surface area contributed by atoms with Gasteiger partial charge in [0.15, 0.2) is 0 Å². The van der Waals surface area contributed by atoms with Crippen molar-refractivity contribution in [3.05, 3.63) is 34.9 Å². The van der Waals surface area contributed by atoms with Crippen molar-refractivity contribution in [2.75, 3.05) is 13.1 Å². The number of piperidine rings is 1. The molecule has 2 atom stereocenters. The van der Waals surface area contributed by atoms with E-state index < -0.39 is 0 Å². The van der Waals surface area contributed by atoms with Crippen LogP contribution in [0.4, 0.5) is 0 Å². The van der Waals surface area contributed by atoms with Crippen LogP contribution < -0.4 is 5.73 Å². The first kappa shape index (κ1) is 14.4. The van der Waals surface area contributed by atoms with E-state index in [1.54, 1.807) is 0 Å². The van der Waals surface area contributed by atoms with E-state index in [1.165, 1.54) is 0 Å². The van der Waals surface area contributed by atoms with Crippen molar-refractivity contribution in [3.8, 4) is 0 Å². The van der Waals surface area contributed by atoms with Gasteiger partial charge in [0.1, 0.15) is 0 Å². The molecule has 4 heteroatoms. The number of benzene rings is 1. The van der Waals surface area contributed by atoms with Gasteiger partial charge in [0, 0.05) is 24.2 Å². The van der Waals surface area contributed by atoms with E-state index in [-0.39, 0.29) is 11.9 Å². The summed E-state index contributed by atoms with van der Waals surface area (Å²) in [6.45, 7) is 3.68. The minimum absolute atomic E-state index is 0.158. The molecule has 104 valence electrons. The van der Waals surface area contributed by atoms with Crippen LogP contribution in [0.2, 0.25) is 5.02 Å². The molecule has 0 saturated carbocycles. The molecule has 0 spiro atoms. The Morgan fingerprint density at radius 2 is 2.16 bits per heavy atom. The number of rotatable bonds is 3. The summed E-state index contributed by atoms with van der Waals surface area (Å²) in [6, 6.07) is 7.63. The summed E-state index contributed by atoms with van der Waals surface area (Å²) in [6.07, 6.45) is 2.63. The lowest BCUT2D eigenvalue weighted by Gasteiger charge is -2.34. The lowest BCUT2D eigenvalue weighted by molar-refractivity contribution is -0.132. The van der Waals surface area contributed by atoms with E-state index in [9.17, 15) is 4.79 Å². The number of amides is 1. The molecule has 1 aromatic carbocycles. The molecule has 1 amide bonds. The molecule has 3 nitrogen and oxygen atoms in total. The number of hydrogen-bond acceptors (Lipinski definition) is 2. The highest BCUT2D eigenvalue weighted by atomic mass is 35.5. The molecule has 19 heavy (non-hydrogen) atoms. The van der Waals surface area contributed by atoms with E-state index in [1.807, 2.05) is 36.1 Å². The largest absolute Gasteiger partial charge is 0.342 e. The van der Waals surface area contributed by atoms with Crippen molar-refractivity contribution in [1.29, 1.82) is 0 Å². The van der Waals surface area contributed by atoms with Gasteiger partial charge in [0.05, 0.1) is 6.42 Å². The normalized spacial score (nSPS) is 21.2. The first-order valence-corrected chi connectivity index (χ1v) is 7.22. The maximum absolute atomic E-state index is 12.3. The highest BCUT2D eigenvalue weighted by Crippen LogP contribution is 2.20. The Morgan fingerprint density at radius 3 is 2.79 bits per heavy atom. The van der Waals surface area contributed by atoms with Crippen LogP contribution in [-0.4, -0.2) is 29.9 Å². The highest BCUT2D eigenvalue weighted by Gasteiger charge is 2.25. The SMILES string of the molecule is C[C@@H](N)[C@@H]1CCCN(C(=O)Cc2ccc(Cl)cc2)C1. The van der Waals surface area contributed by atoms with Gasteiger partial charge >= 0.3 is 0 Å². The number of nitrogens with zero attached hydrogens (tertiary/aromatic N) is 1. The molecule has 0 aromatic heterocycles. The Morgan fingerprint density at radius 1 is 1.47 bits per heavy atom. The smallest absolute Gasteiger partial charge is 0.226 e. The van der Waals surface area contributed by atoms with Crippen LogP contribution in [-0.2, 0) is 11.2 Å². The van der Waals surface area contributed by atoms with Gasteiger partial charge in [0.2, 0.25) is 5.91 Å². The molecule has 1 aliphatic rings. The molecule has 1 fully saturated rings. The van der Waals surface area contributed by atoms with Gasteiger partial charge in [-0.15, -0.1) is 0 Å². The van der Waals surface area contributed by atoms with Crippen LogP contribution in [0, 0.1) is 5.92 Å². The maximum Gasteiger partial charge on any atom is 0.226 e. The van der Waals surface area contributed by atoms with Gasteiger partial charge < -0.3 is 10.6 Å². The molecule has 1 aromatic rings. The van der Waals surface area contributed by atoms with E-state index in [2.05, 4.69) is 0 Å². The van der Waals surface area contributed by atoms with Crippen molar-refractivity contribution >= 4 is 17.5 Å². The standard InChI is InChI=1S/C15H21ClN2O/c1-11(17)13-3-2-8-18(10-13)15(19)9-12-4-6-14(16)7-5-12/h4-7,11,13H,2-3,8-10,17H2,1H3/t11-,13-/m1/s1. The van der Waals surface area contributed by atoms with E-state index >= 15 is 0 Å². The van der Waals surface area contributed by atoms with Crippen molar-refractivity contribution < 1.29 is 4.79 Å². The number of carbonyl (C=O) groups excluding carboxylic acids is 1. The number of carbonyl (C=O) groups is 1. The third-order valence-corrected chi connectivity index (χ3v) is 4.07. The summed E-state index contributed by atoms with van der Waals surface area (Å²) in [7, 11) is 0. The summed E-state index contributed by atoms with van der Waals surface area (Å²) in [5.41, 5.74) is 6.96. The van der Waals surface area contributed by atoms with Crippen LogP contribution in [0.1, 0.15) is 25.3 Å². The van der Waals surface area contributed by atoms with Gasteiger partial charge in [-0.2, -0.15) is 0 Å². The number of likely N-dealkylation sites (tertiary alicyclic amines) is 1. The molecule has 1 saturated heterocycles. The molecule has 0 unspecified atom stereocenters. The predicted octanol–water partition coefficient (Wildman–Crippen LogP) is 2.47. The van der Waals surface area contributed by atoms with Crippen molar-refractivity contribution in [3.63, 3.8) is 0 Å². The zero-order valence-electron chi connectivity index (χ0n) is 11.3. The molecule has 0 aliphatic carbocycles. The van der Waals surface area contributed by atoms with Crippen LogP contribution in [0.5, 0.6) is 0 Å². The topological polar surface area (TPSA) is 46.3 Å². The quantitative estimate of drug-likeness (QED) is 0.924. The van der Waals surface area contributed by atoms with Crippen LogP contribution >= 0.6 is 11.6 Å². The van der Waals surface area contributed by atoms with E-state index in [0.29, 0.717) is 17.4 Å². The Labute approximate surface area is 119 Å². The first-order valence-electron chi connectivity index (χ1n) is 6.84. The number of hydrogen-bond donors (Lipinski definition) is 1. The zero-order chi connectivity index (χ0) is 13.8. The van der Waals surface area contributed by atoms with Gasteiger partial charge in [0.25, 0.3) is 0 Å². The Kier molecular flexibility index (Phi) is 4.83. The molecule has 1 heterocycles. The Hall–Kier alpha value is -1.06. The minimum atomic E-state index is 0.158. The lowest BCUT2D eigenvalue weighted by atomic mass is 9.92. The first-order chi connectivity index (χ1) is 9.06. The fraction of sp³-hybridized carbons (Fsp3) is 0.533. The summed E-state index contributed by atoms with van der Waals surface area (Å²) < 4.78 is 0. The van der Waals surface area contributed by atoms with Gasteiger partial charge in [-0.05, 0) is 43.4 Å². The van der Waals surface area contributed by atoms with Crippen LogP contribution in [0.25, 0.3) is 0 Å². The molecule has 0 bridgehead atoms. The molecule has 2 rings (SSSR count). The average Bonchev–Trinajstić information content (AvgIpc) is 2.41. The maximum atomic E-state index is 12.3. The van der Waals surface area contributed by atoms with Crippen molar-refractivity contribution in [1.82, 2.24) is 4.90 Å². The summed E-state index contributed by atoms with van der Waals surface area (Å²) in [4.78, 5) is 14.2. The second kappa shape index (κ2) is 6.40. The summed E-state index contributed by atoms with van der Waals surface area (Å²) >= 11 is 5.84. The molecule has 0 radical (unpaired) electrons. The lowest BCUT2D eigenvalue weighted by Crippen LogP contribution is -2.45. The van der Waals surface area contributed by atoms with Crippen molar-refractivity contribution in [2.45, 2.75) is 32.2 Å². The van der Waals surface area contributed by atoms with Crippen LogP contribution in [0.15, 0.2) is 24.3 Å². The van der Waals surface area contributed by atoms with Crippen molar-refractivity contribution in [2.24, 2.45) is 11.7 Å². The molecule has 1 aliphatic heterocycles. The van der Waals surface area contributed by atoms with Gasteiger partial charge in [-0.3, -0.25) is 4.79 Å². The average molecular weight is 281 g/mol. The Bertz CT molecular complexity index is 430. The third-order valence-electron chi connectivity index (χ3n) is 3.82. The minimum Gasteiger partial charge on any atom is -0.342 e. The molecular weight excluding hydrogens is 260 g/mol. The molecular formula is C15H21ClN2O. The van der Waals surface area contributed by atoms with Gasteiger partial charge in [-0.25, -0.2) is 0 Å². The highest BCUT2D eigenvalue weighted by molar-refractivity contribution is 6.30. The van der Waals surface area contributed by atoms with E-state index in [4.69, 9.17) is 17.3 Å². The fourth-order valence-corrected chi connectivity index (χ4v) is 2.68.